The van der Waals surface area contributed by atoms with Crippen molar-refractivity contribution < 1.29 is 19.2 Å². The number of hydrogen-bond acceptors (Lipinski definition) is 4. The monoisotopic (exact) mass is 292 g/mol. The van der Waals surface area contributed by atoms with Gasteiger partial charge in [0.25, 0.3) is 0 Å². The van der Waals surface area contributed by atoms with Gasteiger partial charge in [-0.15, -0.1) is 0 Å². The summed E-state index contributed by atoms with van der Waals surface area (Å²) < 4.78 is 4.73. The Kier molecular flexibility index (Phi) is 4.80. The lowest BCUT2D eigenvalue weighted by Gasteiger charge is -2.33. The van der Waals surface area contributed by atoms with Crippen LogP contribution in [0, 0.1) is 0 Å². The molecule has 0 saturated carbocycles. The SMILES string of the molecule is COC(=O)c1ccc(N2CC[NH+](C)CC2)c(NC(C)=O)c1. The Bertz CT molecular complexity index is 537. The third kappa shape index (κ3) is 3.72. The molecule has 0 aliphatic carbocycles. The second-order valence-electron chi connectivity index (χ2n) is 5.35. The molecule has 114 valence electrons. The van der Waals surface area contributed by atoms with E-state index in [9.17, 15) is 9.59 Å². The fraction of sp³-hybridized carbons (Fsp3) is 0.467. The second-order valence-corrected chi connectivity index (χ2v) is 5.35. The number of anilines is 2. The van der Waals surface area contributed by atoms with Gasteiger partial charge in [0.2, 0.25) is 5.91 Å². The molecule has 1 amide bonds. The summed E-state index contributed by atoms with van der Waals surface area (Å²) >= 11 is 0. The molecule has 0 bridgehead atoms. The van der Waals surface area contributed by atoms with Crippen molar-refractivity contribution in [1.82, 2.24) is 0 Å². The van der Waals surface area contributed by atoms with Gasteiger partial charge in [-0.3, -0.25) is 4.79 Å². The van der Waals surface area contributed by atoms with Crippen molar-refractivity contribution in [2.45, 2.75) is 6.92 Å². The van der Waals surface area contributed by atoms with Gasteiger partial charge in [0.15, 0.2) is 0 Å². The van der Waals surface area contributed by atoms with Gasteiger partial charge in [0.05, 0.1) is 57.3 Å². The Morgan fingerprint density at radius 3 is 2.52 bits per heavy atom. The smallest absolute Gasteiger partial charge is 0.337 e. The van der Waals surface area contributed by atoms with Gasteiger partial charge >= 0.3 is 5.97 Å². The lowest BCUT2D eigenvalue weighted by Crippen LogP contribution is -3.12. The summed E-state index contributed by atoms with van der Waals surface area (Å²) in [5, 5.41) is 2.81. The minimum atomic E-state index is -0.407. The van der Waals surface area contributed by atoms with Gasteiger partial charge in [-0.1, -0.05) is 0 Å². The predicted molar refractivity (Wildman–Crippen MR) is 80.9 cm³/mol. The van der Waals surface area contributed by atoms with Crippen molar-refractivity contribution in [2.75, 3.05) is 50.6 Å². The van der Waals surface area contributed by atoms with Crippen LogP contribution in [0.4, 0.5) is 11.4 Å². The fourth-order valence-electron chi connectivity index (χ4n) is 2.48. The highest BCUT2D eigenvalue weighted by Crippen LogP contribution is 2.27. The van der Waals surface area contributed by atoms with Crippen molar-refractivity contribution in [3.05, 3.63) is 23.8 Å². The number of quaternary nitrogens is 1. The summed E-state index contributed by atoms with van der Waals surface area (Å²) in [6.07, 6.45) is 0. The molecular formula is C15H22N3O3+. The molecule has 6 heteroatoms. The molecule has 0 atom stereocenters. The van der Waals surface area contributed by atoms with E-state index in [2.05, 4.69) is 17.3 Å². The van der Waals surface area contributed by atoms with Gasteiger partial charge in [0.1, 0.15) is 0 Å². The molecule has 1 saturated heterocycles. The number of amides is 1. The molecule has 1 aliphatic rings. The number of nitrogens with zero attached hydrogens (tertiary/aromatic N) is 1. The van der Waals surface area contributed by atoms with E-state index in [4.69, 9.17) is 4.74 Å². The first-order valence-corrected chi connectivity index (χ1v) is 7.07. The molecule has 1 aromatic carbocycles. The number of ether oxygens (including phenoxy) is 1. The zero-order chi connectivity index (χ0) is 15.4. The summed E-state index contributed by atoms with van der Waals surface area (Å²) in [6.45, 7) is 5.42. The number of hydrogen-bond donors (Lipinski definition) is 2. The van der Waals surface area contributed by atoms with Gasteiger partial charge in [-0.2, -0.15) is 0 Å². The molecule has 2 N–H and O–H groups in total. The van der Waals surface area contributed by atoms with Crippen LogP contribution in [0.3, 0.4) is 0 Å². The molecule has 1 aliphatic heterocycles. The van der Waals surface area contributed by atoms with E-state index >= 15 is 0 Å². The normalized spacial score (nSPS) is 15.7. The summed E-state index contributed by atoms with van der Waals surface area (Å²) in [4.78, 5) is 26.8. The fourth-order valence-corrected chi connectivity index (χ4v) is 2.48. The van der Waals surface area contributed by atoms with Crippen LogP contribution in [0.1, 0.15) is 17.3 Å². The number of carbonyl (C=O) groups excluding carboxylic acids is 2. The standard InChI is InChI=1S/C15H21N3O3/c1-11(19)16-13-10-12(15(20)21-3)4-5-14(13)18-8-6-17(2)7-9-18/h4-5,10H,6-9H2,1-3H3,(H,16,19)/p+1. The van der Waals surface area contributed by atoms with Gasteiger partial charge in [-0.05, 0) is 18.2 Å². The number of piperazine rings is 1. The van der Waals surface area contributed by atoms with Crippen LogP contribution in [0.25, 0.3) is 0 Å². The summed E-state index contributed by atoms with van der Waals surface area (Å²) in [7, 11) is 3.52. The highest BCUT2D eigenvalue weighted by molar-refractivity contribution is 5.97. The third-order valence-electron chi connectivity index (χ3n) is 3.69. The number of likely N-dealkylation sites (N-methyl/N-ethyl adjacent to an activating group) is 1. The molecule has 1 fully saturated rings. The molecule has 1 heterocycles. The first-order chi connectivity index (χ1) is 10.0. The summed E-state index contributed by atoms with van der Waals surface area (Å²) in [6, 6.07) is 5.28. The Morgan fingerprint density at radius 2 is 1.95 bits per heavy atom. The molecular weight excluding hydrogens is 270 g/mol. The van der Waals surface area contributed by atoms with Crippen LogP contribution < -0.4 is 15.1 Å². The predicted octanol–water partition coefficient (Wildman–Crippen LogP) is -0.234. The minimum absolute atomic E-state index is 0.155. The van der Waals surface area contributed by atoms with E-state index in [0.29, 0.717) is 11.3 Å². The zero-order valence-corrected chi connectivity index (χ0v) is 12.7. The number of esters is 1. The summed E-state index contributed by atoms with van der Waals surface area (Å²) in [5.41, 5.74) is 2.04. The van der Waals surface area contributed by atoms with Crippen LogP contribution in [0.2, 0.25) is 0 Å². The van der Waals surface area contributed by atoms with E-state index in [-0.39, 0.29) is 5.91 Å². The molecule has 0 spiro atoms. The number of rotatable bonds is 3. The van der Waals surface area contributed by atoms with Gasteiger partial charge in [-0.25, -0.2) is 4.79 Å². The third-order valence-corrected chi connectivity index (χ3v) is 3.69. The van der Waals surface area contributed by atoms with E-state index in [1.54, 1.807) is 12.1 Å². The highest BCUT2D eigenvalue weighted by Gasteiger charge is 2.20. The number of benzene rings is 1. The van der Waals surface area contributed by atoms with Crippen LogP contribution in [0.15, 0.2) is 18.2 Å². The molecule has 6 nitrogen and oxygen atoms in total. The summed E-state index contributed by atoms with van der Waals surface area (Å²) in [5.74, 6) is -0.561. The maximum atomic E-state index is 11.6. The highest BCUT2D eigenvalue weighted by atomic mass is 16.5. The Hall–Kier alpha value is -2.08. The Morgan fingerprint density at radius 1 is 1.29 bits per heavy atom. The van der Waals surface area contributed by atoms with Crippen LogP contribution in [-0.4, -0.2) is 52.2 Å². The number of carbonyl (C=O) groups is 2. The largest absolute Gasteiger partial charge is 0.465 e. The maximum Gasteiger partial charge on any atom is 0.337 e. The van der Waals surface area contributed by atoms with Crippen LogP contribution in [0.5, 0.6) is 0 Å². The second kappa shape index (κ2) is 6.58. The van der Waals surface area contributed by atoms with Gasteiger partial charge in [0, 0.05) is 6.92 Å². The Balaban J connectivity index is 2.30. The van der Waals surface area contributed by atoms with E-state index in [1.807, 2.05) is 6.07 Å². The lowest BCUT2D eigenvalue weighted by atomic mass is 10.1. The van der Waals surface area contributed by atoms with E-state index < -0.39 is 5.97 Å². The van der Waals surface area contributed by atoms with Crippen LogP contribution in [-0.2, 0) is 9.53 Å². The van der Waals surface area contributed by atoms with Crippen molar-refractivity contribution >= 4 is 23.3 Å². The molecule has 1 aromatic rings. The van der Waals surface area contributed by atoms with E-state index in [1.165, 1.54) is 18.9 Å². The average Bonchev–Trinajstić information content (AvgIpc) is 2.47. The molecule has 0 unspecified atom stereocenters. The first-order valence-electron chi connectivity index (χ1n) is 7.07. The van der Waals surface area contributed by atoms with Crippen molar-refractivity contribution in [1.29, 1.82) is 0 Å². The van der Waals surface area contributed by atoms with Gasteiger partial charge < -0.3 is 19.9 Å². The quantitative estimate of drug-likeness (QED) is 0.755. The van der Waals surface area contributed by atoms with Crippen LogP contribution >= 0.6 is 0 Å². The van der Waals surface area contributed by atoms with Crippen molar-refractivity contribution in [3.8, 4) is 0 Å². The van der Waals surface area contributed by atoms with E-state index in [0.717, 1.165) is 31.9 Å². The zero-order valence-electron chi connectivity index (χ0n) is 12.7. The lowest BCUT2D eigenvalue weighted by molar-refractivity contribution is -0.880. The van der Waals surface area contributed by atoms with Crippen molar-refractivity contribution in [3.63, 3.8) is 0 Å². The number of nitrogens with one attached hydrogen (secondary N) is 2. The maximum absolute atomic E-state index is 11.6. The molecule has 0 radical (unpaired) electrons. The average molecular weight is 292 g/mol. The first kappa shape index (κ1) is 15.3. The Labute approximate surface area is 124 Å². The molecule has 21 heavy (non-hydrogen) atoms. The topological polar surface area (TPSA) is 63.1 Å². The van der Waals surface area contributed by atoms with Crippen molar-refractivity contribution in [2.24, 2.45) is 0 Å². The molecule has 2 rings (SSSR count). The minimum Gasteiger partial charge on any atom is -0.465 e. The molecule has 0 aromatic heterocycles. The number of methoxy groups -OCH3 is 1.